The van der Waals surface area contributed by atoms with Crippen molar-refractivity contribution in [3.8, 4) is 0 Å². The van der Waals surface area contributed by atoms with E-state index in [1.807, 2.05) is 16.8 Å². The quantitative estimate of drug-likeness (QED) is 0.915. The topological polar surface area (TPSA) is 72.2 Å². The molecule has 3 heterocycles. The number of carbonyl (C=O) groups is 1. The predicted molar refractivity (Wildman–Crippen MR) is 101 cm³/mol. The van der Waals surface area contributed by atoms with Crippen molar-refractivity contribution in [1.82, 2.24) is 20.1 Å². The molecule has 6 nitrogen and oxygen atoms in total. The van der Waals surface area contributed by atoms with Crippen LogP contribution < -0.4 is 5.32 Å². The molecular formula is C20H25N5O. The second-order valence-electron chi connectivity index (χ2n) is 7.12. The molecule has 6 heteroatoms. The highest BCUT2D eigenvalue weighted by atomic mass is 16.2. The Morgan fingerprint density at radius 2 is 1.96 bits per heavy atom. The van der Waals surface area contributed by atoms with Crippen LogP contribution in [0.3, 0.4) is 0 Å². The molecular weight excluding hydrogens is 326 g/mol. The van der Waals surface area contributed by atoms with Gasteiger partial charge in [0.05, 0.1) is 18.0 Å². The zero-order chi connectivity index (χ0) is 17.9. The number of rotatable bonds is 4. The SMILES string of the molecule is CCCn1nc(C2CCCCC2)c2c1C(=O)NCC(c1ccncc1)=N2. The van der Waals surface area contributed by atoms with Gasteiger partial charge in [-0.1, -0.05) is 26.2 Å². The molecule has 0 unspecified atom stereocenters. The fourth-order valence-corrected chi connectivity index (χ4v) is 3.96. The monoisotopic (exact) mass is 351 g/mol. The van der Waals surface area contributed by atoms with Gasteiger partial charge in [-0.2, -0.15) is 5.10 Å². The van der Waals surface area contributed by atoms with E-state index < -0.39 is 0 Å². The third-order valence-corrected chi connectivity index (χ3v) is 5.27. The molecule has 2 aliphatic rings. The number of aryl methyl sites for hydroxylation is 1. The molecule has 1 aliphatic heterocycles. The number of nitrogens with one attached hydrogen (secondary N) is 1. The van der Waals surface area contributed by atoms with Crippen molar-refractivity contribution in [3.05, 3.63) is 41.5 Å². The van der Waals surface area contributed by atoms with Gasteiger partial charge in [-0.15, -0.1) is 0 Å². The molecule has 26 heavy (non-hydrogen) atoms. The second kappa shape index (κ2) is 7.40. The molecule has 0 bridgehead atoms. The van der Waals surface area contributed by atoms with E-state index in [-0.39, 0.29) is 5.91 Å². The molecule has 1 N–H and O–H groups in total. The lowest BCUT2D eigenvalue weighted by Crippen LogP contribution is -2.30. The van der Waals surface area contributed by atoms with Crippen molar-refractivity contribution in [2.24, 2.45) is 4.99 Å². The molecule has 1 amide bonds. The molecule has 1 saturated carbocycles. The van der Waals surface area contributed by atoms with Gasteiger partial charge in [0.15, 0.2) is 5.69 Å². The van der Waals surface area contributed by atoms with Gasteiger partial charge in [-0.3, -0.25) is 14.5 Å². The summed E-state index contributed by atoms with van der Waals surface area (Å²) in [7, 11) is 0. The maximum absolute atomic E-state index is 12.8. The van der Waals surface area contributed by atoms with Crippen molar-refractivity contribution >= 4 is 17.3 Å². The average molecular weight is 351 g/mol. The Kier molecular flexibility index (Phi) is 4.82. The second-order valence-corrected chi connectivity index (χ2v) is 7.12. The Bertz CT molecular complexity index is 818. The minimum Gasteiger partial charge on any atom is -0.345 e. The highest BCUT2D eigenvalue weighted by Gasteiger charge is 2.30. The van der Waals surface area contributed by atoms with E-state index >= 15 is 0 Å². The summed E-state index contributed by atoms with van der Waals surface area (Å²) in [5, 5.41) is 7.88. The molecule has 0 saturated heterocycles. The summed E-state index contributed by atoms with van der Waals surface area (Å²) >= 11 is 0. The van der Waals surface area contributed by atoms with Crippen molar-refractivity contribution in [2.75, 3.05) is 6.54 Å². The zero-order valence-corrected chi connectivity index (χ0v) is 15.2. The summed E-state index contributed by atoms with van der Waals surface area (Å²) in [6.45, 7) is 3.27. The molecule has 0 spiro atoms. The molecule has 4 rings (SSSR count). The van der Waals surface area contributed by atoms with E-state index in [1.54, 1.807) is 12.4 Å². The maximum atomic E-state index is 12.8. The lowest BCUT2D eigenvalue weighted by Gasteiger charge is -2.20. The number of fused-ring (bicyclic) bond motifs is 1. The molecule has 1 aliphatic carbocycles. The van der Waals surface area contributed by atoms with Gasteiger partial charge in [0, 0.05) is 30.4 Å². The van der Waals surface area contributed by atoms with E-state index in [0.29, 0.717) is 18.2 Å². The third kappa shape index (κ3) is 3.16. The summed E-state index contributed by atoms with van der Waals surface area (Å²) in [6.07, 6.45) is 10.5. The minimum atomic E-state index is -0.0733. The van der Waals surface area contributed by atoms with Crippen LogP contribution in [-0.4, -0.2) is 32.9 Å². The average Bonchev–Trinajstić information content (AvgIpc) is 2.94. The number of amides is 1. The largest absolute Gasteiger partial charge is 0.345 e. The fraction of sp³-hybridized carbons (Fsp3) is 0.500. The van der Waals surface area contributed by atoms with E-state index in [9.17, 15) is 4.79 Å². The van der Waals surface area contributed by atoms with E-state index in [0.717, 1.165) is 48.5 Å². The molecule has 2 aromatic rings. The van der Waals surface area contributed by atoms with Crippen LogP contribution in [0.25, 0.3) is 0 Å². The normalized spacial score (nSPS) is 18.0. The summed E-state index contributed by atoms with van der Waals surface area (Å²) in [4.78, 5) is 21.9. The number of hydrogen-bond donors (Lipinski definition) is 1. The smallest absolute Gasteiger partial charge is 0.272 e. The van der Waals surface area contributed by atoms with Crippen molar-refractivity contribution in [1.29, 1.82) is 0 Å². The fourth-order valence-electron chi connectivity index (χ4n) is 3.96. The van der Waals surface area contributed by atoms with Crippen LogP contribution >= 0.6 is 0 Å². The lowest BCUT2D eigenvalue weighted by atomic mass is 9.86. The van der Waals surface area contributed by atoms with Crippen LogP contribution in [0.1, 0.15) is 73.1 Å². The standard InChI is InChI=1S/C20H25N5O/c1-2-12-25-19-18(17(24-25)15-6-4-3-5-7-15)23-16(13-22-20(19)26)14-8-10-21-11-9-14/h8-11,15H,2-7,12-13H2,1H3,(H,22,26). The van der Waals surface area contributed by atoms with Crippen molar-refractivity contribution in [2.45, 2.75) is 57.9 Å². The molecule has 0 radical (unpaired) electrons. The van der Waals surface area contributed by atoms with E-state index in [2.05, 4.69) is 17.2 Å². The number of aliphatic imine (C=N–C) groups is 1. The van der Waals surface area contributed by atoms with E-state index in [1.165, 1.54) is 19.3 Å². The molecule has 136 valence electrons. The van der Waals surface area contributed by atoms with Crippen molar-refractivity contribution in [3.63, 3.8) is 0 Å². The molecule has 0 aromatic carbocycles. The Labute approximate surface area is 153 Å². The number of nitrogens with zero attached hydrogens (tertiary/aromatic N) is 4. The number of carbonyl (C=O) groups excluding carboxylic acids is 1. The van der Waals surface area contributed by atoms with Crippen LogP contribution in [0.15, 0.2) is 29.5 Å². The van der Waals surface area contributed by atoms with Crippen molar-refractivity contribution < 1.29 is 4.79 Å². The summed E-state index contributed by atoms with van der Waals surface area (Å²) in [6, 6.07) is 3.87. The first-order chi connectivity index (χ1) is 12.8. The zero-order valence-electron chi connectivity index (χ0n) is 15.2. The first kappa shape index (κ1) is 16.9. The maximum Gasteiger partial charge on any atom is 0.272 e. The third-order valence-electron chi connectivity index (χ3n) is 5.27. The van der Waals surface area contributed by atoms with Crippen LogP contribution in [0.2, 0.25) is 0 Å². The van der Waals surface area contributed by atoms with Gasteiger partial charge in [-0.25, -0.2) is 4.99 Å². The number of hydrogen-bond acceptors (Lipinski definition) is 4. The predicted octanol–water partition coefficient (Wildman–Crippen LogP) is 3.60. The van der Waals surface area contributed by atoms with Gasteiger partial charge < -0.3 is 5.32 Å². The Balaban J connectivity index is 1.84. The van der Waals surface area contributed by atoms with Gasteiger partial charge in [-0.05, 0) is 31.4 Å². The lowest BCUT2D eigenvalue weighted by molar-refractivity contribution is 0.0950. The van der Waals surface area contributed by atoms with Crippen LogP contribution in [0.5, 0.6) is 0 Å². The van der Waals surface area contributed by atoms with Crippen LogP contribution in [0, 0.1) is 0 Å². The van der Waals surface area contributed by atoms with Crippen LogP contribution in [-0.2, 0) is 6.54 Å². The number of pyridine rings is 1. The van der Waals surface area contributed by atoms with Gasteiger partial charge in [0.25, 0.3) is 5.91 Å². The molecule has 2 aromatic heterocycles. The highest BCUT2D eigenvalue weighted by molar-refractivity contribution is 6.10. The Morgan fingerprint density at radius 3 is 2.69 bits per heavy atom. The van der Waals surface area contributed by atoms with Gasteiger partial charge in [0.1, 0.15) is 5.69 Å². The molecule has 0 atom stereocenters. The number of aromatic nitrogens is 3. The van der Waals surface area contributed by atoms with Gasteiger partial charge >= 0.3 is 0 Å². The Hall–Kier alpha value is -2.50. The van der Waals surface area contributed by atoms with E-state index in [4.69, 9.17) is 10.1 Å². The molecule has 1 fully saturated rings. The van der Waals surface area contributed by atoms with Gasteiger partial charge in [0.2, 0.25) is 0 Å². The summed E-state index contributed by atoms with van der Waals surface area (Å²) in [5.41, 5.74) is 4.28. The highest BCUT2D eigenvalue weighted by Crippen LogP contribution is 2.39. The first-order valence-electron chi connectivity index (χ1n) is 9.64. The first-order valence-corrected chi connectivity index (χ1v) is 9.64. The minimum absolute atomic E-state index is 0.0733. The Morgan fingerprint density at radius 1 is 1.19 bits per heavy atom. The summed E-state index contributed by atoms with van der Waals surface area (Å²) in [5.74, 6) is 0.333. The van der Waals surface area contributed by atoms with Crippen LogP contribution in [0.4, 0.5) is 5.69 Å². The summed E-state index contributed by atoms with van der Waals surface area (Å²) < 4.78 is 1.87.